The minimum atomic E-state index is -0.0244. The van der Waals surface area contributed by atoms with Gasteiger partial charge in [-0.2, -0.15) is 5.26 Å². The Kier molecular flexibility index (Phi) is 3.58. The Morgan fingerprint density at radius 2 is 1.95 bits per heavy atom. The van der Waals surface area contributed by atoms with E-state index in [1.165, 1.54) is 6.92 Å². The van der Waals surface area contributed by atoms with E-state index < -0.39 is 0 Å². The second-order valence-corrected chi connectivity index (χ2v) is 4.15. The van der Waals surface area contributed by atoms with Gasteiger partial charge in [-0.15, -0.1) is 0 Å². The number of benzene rings is 1. The maximum Gasteiger partial charge on any atom is 0.163 e. The van der Waals surface area contributed by atoms with Gasteiger partial charge in [0, 0.05) is 18.9 Å². The topological polar surface area (TPSA) is 57.0 Å². The number of anilines is 2. The van der Waals surface area contributed by atoms with Crippen LogP contribution in [0, 0.1) is 11.3 Å². The van der Waals surface area contributed by atoms with E-state index in [1.54, 1.807) is 30.5 Å². The van der Waals surface area contributed by atoms with Crippen LogP contribution in [0.4, 0.5) is 11.5 Å². The molecule has 0 radical (unpaired) electrons. The van der Waals surface area contributed by atoms with Crippen molar-refractivity contribution in [2.45, 2.75) is 6.92 Å². The number of nitriles is 1. The van der Waals surface area contributed by atoms with Gasteiger partial charge in [0.15, 0.2) is 5.78 Å². The van der Waals surface area contributed by atoms with Gasteiger partial charge in [0.25, 0.3) is 0 Å². The number of ketones is 1. The molecule has 1 aromatic carbocycles. The van der Waals surface area contributed by atoms with Gasteiger partial charge in [-0.1, -0.05) is 0 Å². The van der Waals surface area contributed by atoms with E-state index in [4.69, 9.17) is 5.26 Å². The van der Waals surface area contributed by atoms with Crippen LogP contribution in [0.2, 0.25) is 0 Å². The summed E-state index contributed by atoms with van der Waals surface area (Å²) in [6.07, 6.45) is 1.65. The number of hydrogen-bond donors (Lipinski definition) is 0. The van der Waals surface area contributed by atoms with E-state index in [1.807, 2.05) is 24.1 Å². The van der Waals surface area contributed by atoms with Crippen LogP contribution in [-0.4, -0.2) is 17.8 Å². The highest BCUT2D eigenvalue weighted by Crippen LogP contribution is 2.25. The molecule has 2 aromatic rings. The third-order valence-electron chi connectivity index (χ3n) is 2.87. The van der Waals surface area contributed by atoms with Crippen molar-refractivity contribution in [1.82, 2.24) is 4.98 Å². The predicted octanol–water partition coefficient (Wildman–Crippen LogP) is 2.92. The summed E-state index contributed by atoms with van der Waals surface area (Å²) >= 11 is 0. The lowest BCUT2D eigenvalue weighted by Gasteiger charge is -2.20. The molecule has 2 rings (SSSR count). The summed E-state index contributed by atoms with van der Waals surface area (Å²) in [5.41, 5.74) is 2.06. The molecular weight excluding hydrogens is 238 g/mol. The molecule has 0 aliphatic carbocycles. The maximum absolute atomic E-state index is 11.6. The summed E-state index contributed by atoms with van der Waals surface area (Å²) in [6.45, 7) is 1.52. The van der Waals surface area contributed by atoms with Crippen molar-refractivity contribution in [3.8, 4) is 6.07 Å². The van der Waals surface area contributed by atoms with Crippen LogP contribution in [0.1, 0.15) is 22.8 Å². The van der Waals surface area contributed by atoms with E-state index in [2.05, 4.69) is 11.1 Å². The number of hydrogen-bond acceptors (Lipinski definition) is 4. The number of nitrogens with zero attached hydrogens (tertiary/aromatic N) is 3. The lowest BCUT2D eigenvalue weighted by Crippen LogP contribution is -2.14. The van der Waals surface area contributed by atoms with Crippen LogP contribution in [-0.2, 0) is 0 Å². The molecule has 19 heavy (non-hydrogen) atoms. The lowest BCUT2D eigenvalue weighted by molar-refractivity contribution is 0.101. The summed E-state index contributed by atoms with van der Waals surface area (Å²) in [4.78, 5) is 17.7. The first kappa shape index (κ1) is 12.8. The van der Waals surface area contributed by atoms with Crippen molar-refractivity contribution >= 4 is 17.3 Å². The molecule has 4 nitrogen and oxygen atoms in total. The van der Waals surface area contributed by atoms with Gasteiger partial charge in [-0.05, 0) is 43.3 Å². The average molecular weight is 251 g/mol. The van der Waals surface area contributed by atoms with E-state index >= 15 is 0 Å². The Bertz CT molecular complexity index is 641. The molecule has 0 saturated carbocycles. The predicted molar refractivity (Wildman–Crippen MR) is 73.5 cm³/mol. The third-order valence-corrected chi connectivity index (χ3v) is 2.87. The zero-order chi connectivity index (χ0) is 13.8. The second-order valence-electron chi connectivity index (χ2n) is 4.15. The molecule has 0 spiro atoms. The molecule has 0 atom stereocenters. The highest BCUT2D eigenvalue weighted by atomic mass is 16.1. The molecule has 4 heteroatoms. The van der Waals surface area contributed by atoms with E-state index in [-0.39, 0.29) is 5.78 Å². The number of pyridine rings is 1. The number of aromatic nitrogens is 1. The van der Waals surface area contributed by atoms with Gasteiger partial charge < -0.3 is 4.90 Å². The summed E-state index contributed by atoms with van der Waals surface area (Å²) in [6, 6.07) is 12.7. The van der Waals surface area contributed by atoms with Crippen molar-refractivity contribution in [3.05, 3.63) is 53.7 Å². The fourth-order valence-electron chi connectivity index (χ4n) is 1.82. The average Bonchev–Trinajstić information content (AvgIpc) is 2.46. The van der Waals surface area contributed by atoms with Crippen molar-refractivity contribution < 1.29 is 4.79 Å². The fourth-order valence-corrected chi connectivity index (χ4v) is 1.82. The van der Waals surface area contributed by atoms with E-state index in [0.717, 1.165) is 5.69 Å². The Labute approximate surface area is 111 Å². The van der Waals surface area contributed by atoms with Crippen LogP contribution in [0.25, 0.3) is 0 Å². The van der Waals surface area contributed by atoms with Gasteiger partial charge in [0.2, 0.25) is 0 Å². The molecule has 1 heterocycles. The molecule has 0 unspecified atom stereocenters. The summed E-state index contributed by atoms with van der Waals surface area (Å²) in [5.74, 6) is 0.586. The maximum atomic E-state index is 11.6. The fraction of sp³-hybridized carbons (Fsp3) is 0.133. The highest BCUT2D eigenvalue weighted by molar-refractivity contribution is 5.99. The Morgan fingerprint density at radius 1 is 1.26 bits per heavy atom. The van der Waals surface area contributed by atoms with Gasteiger partial charge in [0.1, 0.15) is 5.82 Å². The van der Waals surface area contributed by atoms with Crippen LogP contribution in [0.3, 0.4) is 0 Å². The zero-order valence-electron chi connectivity index (χ0n) is 10.8. The van der Waals surface area contributed by atoms with E-state index in [0.29, 0.717) is 16.9 Å². The first-order chi connectivity index (χ1) is 9.13. The normalized spacial score (nSPS) is 9.74. The van der Waals surface area contributed by atoms with Crippen molar-refractivity contribution in [2.24, 2.45) is 0 Å². The number of carbonyl (C=O) groups excluding carboxylic acids is 1. The molecule has 1 aromatic heterocycles. The number of carbonyl (C=O) groups is 1. The van der Waals surface area contributed by atoms with Crippen LogP contribution >= 0.6 is 0 Å². The molecular formula is C15H13N3O. The van der Waals surface area contributed by atoms with Crippen LogP contribution in [0.15, 0.2) is 42.6 Å². The molecule has 94 valence electrons. The van der Waals surface area contributed by atoms with Crippen molar-refractivity contribution in [1.29, 1.82) is 5.26 Å². The highest BCUT2D eigenvalue weighted by Gasteiger charge is 2.13. The quantitative estimate of drug-likeness (QED) is 0.787. The first-order valence-electron chi connectivity index (χ1n) is 5.83. The Hall–Kier alpha value is -2.67. The molecule has 0 fully saturated rings. The van der Waals surface area contributed by atoms with E-state index in [9.17, 15) is 4.79 Å². The standard InChI is InChI=1S/C15H13N3O/c1-11(19)14-4-3-9-17-15(14)18(2)13-7-5-12(10-16)6-8-13/h3-9H,1-2H3. The van der Waals surface area contributed by atoms with Crippen molar-refractivity contribution in [3.63, 3.8) is 0 Å². The molecule has 0 bridgehead atoms. The lowest BCUT2D eigenvalue weighted by atomic mass is 10.1. The first-order valence-corrected chi connectivity index (χ1v) is 5.83. The second kappa shape index (κ2) is 5.32. The molecule has 0 amide bonds. The number of rotatable bonds is 3. The smallest absolute Gasteiger partial charge is 0.163 e. The SMILES string of the molecule is CC(=O)c1cccnc1N(C)c1ccc(C#N)cc1. The summed E-state index contributed by atoms with van der Waals surface area (Å²) in [7, 11) is 1.84. The third kappa shape index (κ3) is 2.61. The number of Topliss-reactive ketones (excluding diaryl/α,β-unsaturated/α-hetero) is 1. The van der Waals surface area contributed by atoms with Gasteiger partial charge in [-0.25, -0.2) is 4.98 Å². The minimum absolute atomic E-state index is 0.0244. The van der Waals surface area contributed by atoms with Crippen LogP contribution in [0.5, 0.6) is 0 Å². The zero-order valence-corrected chi connectivity index (χ0v) is 10.8. The molecule has 0 aliphatic rings. The molecule has 0 saturated heterocycles. The van der Waals surface area contributed by atoms with Crippen LogP contribution < -0.4 is 4.90 Å². The monoisotopic (exact) mass is 251 g/mol. The van der Waals surface area contributed by atoms with Gasteiger partial charge >= 0.3 is 0 Å². The Morgan fingerprint density at radius 3 is 2.53 bits per heavy atom. The molecule has 0 N–H and O–H groups in total. The molecule has 0 aliphatic heterocycles. The largest absolute Gasteiger partial charge is 0.329 e. The Balaban J connectivity index is 2.41. The van der Waals surface area contributed by atoms with Crippen molar-refractivity contribution in [2.75, 3.05) is 11.9 Å². The minimum Gasteiger partial charge on any atom is -0.329 e. The summed E-state index contributed by atoms with van der Waals surface area (Å²) < 4.78 is 0. The summed E-state index contributed by atoms with van der Waals surface area (Å²) in [5, 5.41) is 8.78. The van der Waals surface area contributed by atoms with Gasteiger partial charge in [0.05, 0.1) is 17.2 Å². The van der Waals surface area contributed by atoms with Gasteiger partial charge in [-0.3, -0.25) is 4.79 Å².